The number of amides is 2. The molecule has 2 aliphatic heterocycles. The van der Waals surface area contributed by atoms with Crippen molar-refractivity contribution in [1.29, 1.82) is 5.26 Å². The Morgan fingerprint density at radius 2 is 2.16 bits per heavy atom. The van der Waals surface area contributed by atoms with Crippen molar-refractivity contribution < 1.29 is 22.7 Å². The molecule has 0 radical (unpaired) electrons. The molecule has 0 saturated carbocycles. The topological polar surface area (TPSA) is 86.4 Å². The van der Waals surface area contributed by atoms with Gasteiger partial charge in [0.25, 0.3) is 0 Å². The standard InChI is InChI=1S/C21H23F3N6O2/c22-21(23,24)32-19-4-1-3-15(9-19)16-5-8-28(11-16)20(31)27-17-10-18(29(12-17)14-25)13-30-7-2-6-26-30/h1-4,6-7,9,16-18H,5,8,10-13H2,(H,27,31)/t16?,17-,18+/m1/s1. The number of nitrogens with one attached hydrogen (secondary N) is 1. The number of rotatable bonds is 5. The van der Waals surface area contributed by atoms with Crippen LogP contribution in [0.25, 0.3) is 0 Å². The highest BCUT2D eigenvalue weighted by Crippen LogP contribution is 2.31. The number of carbonyl (C=O) groups is 1. The zero-order valence-electron chi connectivity index (χ0n) is 17.2. The van der Waals surface area contributed by atoms with Gasteiger partial charge >= 0.3 is 12.4 Å². The summed E-state index contributed by atoms with van der Waals surface area (Å²) in [5, 5.41) is 16.6. The molecule has 0 aliphatic carbocycles. The smallest absolute Gasteiger partial charge is 0.406 e. The van der Waals surface area contributed by atoms with Gasteiger partial charge in [-0.1, -0.05) is 12.1 Å². The molecule has 3 atom stereocenters. The van der Waals surface area contributed by atoms with E-state index in [-0.39, 0.29) is 29.8 Å². The first-order chi connectivity index (χ1) is 15.3. The summed E-state index contributed by atoms with van der Waals surface area (Å²) in [6, 6.07) is 7.29. The summed E-state index contributed by atoms with van der Waals surface area (Å²) < 4.78 is 43.2. The van der Waals surface area contributed by atoms with Crippen LogP contribution in [0, 0.1) is 11.5 Å². The molecule has 2 saturated heterocycles. The number of hydrogen-bond donors (Lipinski definition) is 1. The highest BCUT2D eigenvalue weighted by atomic mass is 19.4. The number of benzene rings is 1. The minimum Gasteiger partial charge on any atom is -0.406 e. The van der Waals surface area contributed by atoms with Crippen LogP contribution < -0.4 is 10.1 Å². The van der Waals surface area contributed by atoms with Crippen LogP contribution in [0.1, 0.15) is 24.3 Å². The van der Waals surface area contributed by atoms with Crippen molar-refractivity contribution in [2.45, 2.75) is 43.8 Å². The highest BCUT2D eigenvalue weighted by Gasteiger charge is 2.35. The average Bonchev–Trinajstić information content (AvgIpc) is 3.48. The number of urea groups is 1. The van der Waals surface area contributed by atoms with Crippen LogP contribution in [0.5, 0.6) is 5.75 Å². The quantitative estimate of drug-likeness (QED) is 0.711. The second-order valence-electron chi connectivity index (χ2n) is 8.07. The van der Waals surface area contributed by atoms with Gasteiger partial charge in [0.15, 0.2) is 6.19 Å². The summed E-state index contributed by atoms with van der Waals surface area (Å²) in [4.78, 5) is 16.1. The molecule has 1 aromatic heterocycles. The van der Waals surface area contributed by atoms with Crippen LogP contribution in [0.2, 0.25) is 0 Å². The van der Waals surface area contributed by atoms with E-state index in [9.17, 15) is 23.2 Å². The third kappa shape index (κ3) is 5.25. The van der Waals surface area contributed by atoms with E-state index in [4.69, 9.17) is 0 Å². The Bertz CT molecular complexity index is 975. The zero-order chi connectivity index (χ0) is 22.7. The van der Waals surface area contributed by atoms with Crippen LogP contribution in [0.3, 0.4) is 0 Å². The lowest BCUT2D eigenvalue weighted by Gasteiger charge is -2.20. The fourth-order valence-electron chi connectivity index (χ4n) is 4.39. The summed E-state index contributed by atoms with van der Waals surface area (Å²) in [6.07, 6.45) is 2.24. The molecule has 2 aromatic rings. The van der Waals surface area contributed by atoms with E-state index in [1.165, 1.54) is 18.2 Å². The molecule has 2 fully saturated rings. The molecule has 4 rings (SSSR count). The molecule has 2 aliphatic rings. The van der Waals surface area contributed by atoms with Crippen molar-refractivity contribution in [3.05, 3.63) is 48.3 Å². The number of halogens is 3. The second-order valence-corrected chi connectivity index (χ2v) is 8.07. The number of nitrogens with zero attached hydrogens (tertiary/aromatic N) is 5. The lowest BCUT2D eigenvalue weighted by Crippen LogP contribution is -2.44. The maximum absolute atomic E-state index is 12.8. The summed E-state index contributed by atoms with van der Waals surface area (Å²) in [5.74, 6) is -0.326. The minimum absolute atomic E-state index is 0.0482. The zero-order valence-corrected chi connectivity index (χ0v) is 17.2. The average molecular weight is 448 g/mol. The Labute approximate surface area is 183 Å². The van der Waals surface area contributed by atoms with Crippen LogP contribution in [0.15, 0.2) is 42.7 Å². The molecule has 0 spiro atoms. The van der Waals surface area contributed by atoms with Gasteiger partial charge < -0.3 is 19.9 Å². The Hall–Kier alpha value is -3.42. The number of aromatic nitrogens is 2. The van der Waals surface area contributed by atoms with Gasteiger partial charge in [-0.15, -0.1) is 13.2 Å². The molecule has 1 unspecified atom stereocenters. The van der Waals surface area contributed by atoms with Crippen molar-refractivity contribution in [2.24, 2.45) is 0 Å². The van der Waals surface area contributed by atoms with Gasteiger partial charge in [0.05, 0.1) is 18.6 Å². The van der Waals surface area contributed by atoms with Gasteiger partial charge in [0, 0.05) is 37.9 Å². The molecule has 1 N–H and O–H groups in total. The van der Waals surface area contributed by atoms with Crippen LogP contribution >= 0.6 is 0 Å². The lowest BCUT2D eigenvalue weighted by atomic mass is 9.98. The fourth-order valence-corrected chi connectivity index (χ4v) is 4.39. The van der Waals surface area contributed by atoms with Crippen LogP contribution in [0.4, 0.5) is 18.0 Å². The van der Waals surface area contributed by atoms with Crippen molar-refractivity contribution in [2.75, 3.05) is 19.6 Å². The maximum Gasteiger partial charge on any atom is 0.573 e. The van der Waals surface area contributed by atoms with Gasteiger partial charge in [0.2, 0.25) is 0 Å². The molecule has 170 valence electrons. The number of carbonyl (C=O) groups excluding carboxylic acids is 1. The molecule has 11 heteroatoms. The number of alkyl halides is 3. The Kier molecular flexibility index (Phi) is 6.12. The summed E-state index contributed by atoms with van der Waals surface area (Å²) >= 11 is 0. The van der Waals surface area contributed by atoms with Crippen molar-refractivity contribution in [3.8, 4) is 11.9 Å². The van der Waals surface area contributed by atoms with Gasteiger partial charge in [-0.2, -0.15) is 10.4 Å². The lowest BCUT2D eigenvalue weighted by molar-refractivity contribution is -0.274. The first-order valence-electron chi connectivity index (χ1n) is 10.4. The van der Waals surface area contributed by atoms with Crippen molar-refractivity contribution in [1.82, 2.24) is 24.9 Å². The van der Waals surface area contributed by atoms with Crippen molar-refractivity contribution >= 4 is 6.03 Å². The maximum atomic E-state index is 12.8. The summed E-state index contributed by atoms with van der Waals surface area (Å²) in [6.45, 7) is 1.91. The third-order valence-electron chi connectivity index (χ3n) is 5.87. The van der Waals surface area contributed by atoms with E-state index in [1.54, 1.807) is 26.7 Å². The predicted molar refractivity (Wildman–Crippen MR) is 107 cm³/mol. The molecule has 8 nitrogen and oxygen atoms in total. The third-order valence-corrected chi connectivity index (χ3v) is 5.87. The van der Waals surface area contributed by atoms with Gasteiger partial charge in [-0.3, -0.25) is 4.68 Å². The second kappa shape index (κ2) is 8.98. The molecule has 1 aromatic carbocycles. The molecule has 3 heterocycles. The summed E-state index contributed by atoms with van der Waals surface area (Å²) in [5.41, 5.74) is 0.706. The van der Waals surface area contributed by atoms with Gasteiger partial charge in [0.1, 0.15) is 5.75 Å². The molecular weight excluding hydrogens is 425 g/mol. The van der Waals surface area contributed by atoms with E-state index in [2.05, 4.69) is 21.3 Å². The monoisotopic (exact) mass is 448 g/mol. The molecule has 0 bridgehead atoms. The van der Waals surface area contributed by atoms with Crippen LogP contribution in [-0.2, 0) is 6.54 Å². The first-order valence-corrected chi connectivity index (χ1v) is 10.4. The highest BCUT2D eigenvalue weighted by molar-refractivity contribution is 5.75. The minimum atomic E-state index is -4.74. The van der Waals surface area contributed by atoms with E-state index >= 15 is 0 Å². The van der Waals surface area contributed by atoms with Gasteiger partial charge in [-0.25, -0.2) is 4.79 Å². The normalized spacial score (nSPS) is 23.2. The van der Waals surface area contributed by atoms with E-state index < -0.39 is 6.36 Å². The van der Waals surface area contributed by atoms with Crippen molar-refractivity contribution in [3.63, 3.8) is 0 Å². The molecular formula is C21H23F3N6O2. The first kappa shape index (κ1) is 21.8. The Morgan fingerprint density at radius 3 is 2.88 bits per heavy atom. The summed E-state index contributed by atoms with van der Waals surface area (Å²) in [7, 11) is 0. The largest absolute Gasteiger partial charge is 0.573 e. The fraction of sp³-hybridized carbons (Fsp3) is 0.476. The predicted octanol–water partition coefficient (Wildman–Crippen LogP) is 2.90. The number of hydrogen-bond acceptors (Lipinski definition) is 5. The SMILES string of the molecule is N#CN1C[C@H](NC(=O)N2CCC(c3cccc(OC(F)(F)F)c3)C2)C[C@H]1Cn1cccn1. The van der Waals surface area contributed by atoms with Gasteiger partial charge in [-0.05, 0) is 36.6 Å². The molecule has 2 amide bonds. The van der Waals surface area contributed by atoms with E-state index in [0.717, 1.165) is 0 Å². The Morgan fingerprint density at radius 1 is 1.31 bits per heavy atom. The number of nitriles is 1. The van der Waals surface area contributed by atoms with E-state index in [1.807, 2.05) is 12.3 Å². The van der Waals surface area contributed by atoms with Crippen LogP contribution in [-0.4, -0.2) is 63.7 Å². The number of likely N-dealkylation sites (tertiary alicyclic amines) is 2. The molecule has 32 heavy (non-hydrogen) atoms. The Balaban J connectivity index is 1.32. The number of ether oxygens (including phenoxy) is 1. The van der Waals surface area contributed by atoms with E-state index in [0.29, 0.717) is 44.6 Å².